The molecule has 0 aliphatic carbocycles. The summed E-state index contributed by atoms with van der Waals surface area (Å²) in [5.41, 5.74) is 0.717. The van der Waals surface area contributed by atoms with Crippen molar-refractivity contribution in [2.45, 2.75) is 26.7 Å². The van der Waals surface area contributed by atoms with Gasteiger partial charge in [0.15, 0.2) is 5.78 Å². The molecule has 0 aliphatic rings. The Kier molecular flexibility index (Phi) is 3.35. The molecular formula is C12H13FO2. The van der Waals surface area contributed by atoms with Crippen LogP contribution in [0.4, 0.5) is 4.39 Å². The zero-order valence-electron chi connectivity index (χ0n) is 9.00. The van der Waals surface area contributed by atoms with Gasteiger partial charge >= 0.3 is 0 Å². The summed E-state index contributed by atoms with van der Waals surface area (Å²) < 4.78 is 13.4. The first-order chi connectivity index (χ1) is 6.93. The third kappa shape index (κ3) is 2.49. The van der Waals surface area contributed by atoms with Crippen molar-refractivity contribution >= 4 is 11.6 Å². The van der Waals surface area contributed by atoms with Crippen LogP contribution >= 0.6 is 0 Å². The molecule has 1 aromatic rings. The molecule has 80 valence electrons. The predicted molar refractivity (Wildman–Crippen MR) is 55.5 cm³/mol. The summed E-state index contributed by atoms with van der Waals surface area (Å²) in [7, 11) is 0. The molecule has 0 heterocycles. The minimum Gasteiger partial charge on any atom is -0.299 e. The number of hydrogen-bond donors (Lipinski definition) is 0. The maximum atomic E-state index is 13.4. The van der Waals surface area contributed by atoms with Gasteiger partial charge in [0.1, 0.15) is 11.6 Å². The van der Waals surface area contributed by atoms with Gasteiger partial charge in [0.2, 0.25) is 0 Å². The molecule has 0 saturated carbocycles. The van der Waals surface area contributed by atoms with Crippen molar-refractivity contribution in [2.75, 3.05) is 0 Å². The van der Waals surface area contributed by atoms with Crippen molar-refractivity contribution in [1.82, 2.24) is 0 Å². The highest BCUT2D eigenvalue weighted by atomic mass is 19.1. The van der Waals surface area contributed by atoms with Gasteiger partial charge in [-0.15, -0.1) is 0 Å². The first-order valence-corrected chi connectivity index (χ1v) is 4.74. The number of Topliss-reactive ketones (excluding diaryl/α,β-unsaturated/α-hetero) is 2. The van der Waals surface area contributed by atoms with Gasteiger partial charge in [-0.2, -0.15) is 0 Å². The Morgan fingerprint density at radius 3 is 2.33 bits per heavy atom. The minimum atomic E-state index is -0.510. The molecule has 2 nitrogen and oxygen atoms in total. The number of carbonyl (C=O) groups excluding carboxylic acids is 2. The number of carbonyl (C=O) groups is 2. The topological polar surface area (TPSA) is 34.1 Å². The number of ketones is 2. The summed E-state index contributed by atoms with van der Waals surface area (Å²) >= 11 is 0. The van der Waals surface area contributed by atoms with Crippen LogP contribution in [0.15, 0.2) is 18.2 Å². The van der Waals surface area contributed by atoms with Gasteiger partial charge in [-0.3, -0.25) is 9.59 Å². The molecule has 0 spiro atoms. The molecule has 1 unspecified atom stereocenters. The summed E-state index contributed by atoms with van der Waals surface area (Å²) in [6.07, 6.45) is 0. The zero-order valence-corrected chi connectivity index (χ0v) is 9.00. The average Bonchev–Trinajstić information content (AvgIpc) is 2.16. The second-order valence-electron chi connectivity index (χ2n) is 3.62. The van der Waals surface area contributed by atoms with Gasteiger partial charge < -0.3 is 0 Å². The van der Waals surface area contributed by atoms with Crippen molar-refractivity contribution in [3.05, 3.63) is 35.1 Å². The van der Waals surface area contributed by atoms with E-state index in [0.29, 0.717) is 5.56 Å². The molecule has 0 aliphatic heterocycles. The molecule has 3 heteroatoms. The van der Waals surface area contributed by atoms with E-state index in [1.165, 1.54) is 32.0 Å². The van der Waals surface area contributed by atoms with Gasteiger partial charge in [0.05, 0.1) is 0 Å². The van der Waals surface area contributed by atoms with Crippen molar-refractivity contribution in [3.8, 4) is 0 Å². The van der Waals surface area contributed by atoms with Crippen LogP contribution in [0.1, 0.15) is 42.6 Å². The van der Waals surface area contributed by atoms with E-state index < -0.39 is 11.7 Å². The number of halogens is 1. The van der Waals surface area contributed by atoms with Crippen LogP contribution in [-0.4, -0.2) is 11.6 Å². The Labute approximate surface area is 88.1 Å². The maximum Gasteiger partial charge on any atom is 0.159 e. The fourth-order valence-corrected chi connectivity index (χ4v) is 1.31. The number of hydrogen-bond acceptors (Lipinski definition) is 2. The third-order valence-electron chi connectivity index (χ3n) is 2.48. The second kappa shape index (κ2) is 4.34. The Balaban J connectivity index is 3.22. The Morgan fingerprint density at radius 1 is 1.27 bits per heavy atom. The van der Waals surface area contributed by atoms with Crippen LogP contribution in [0.5, 0.6) is 0 Å². The highest BCUT2D eigenvalue weighted by molar-refractivity contribution is 5.94. The molecule has 15 heavy (non-hydrogen) atoms. The summed E-state index contributed by atoms with van der Waals surface area (Å²) in [6.45, 7) is 4.45. The Morgan fingerprint density at radius 2 is 1.87 bits per heavy atom. The van der Waals surface area contributed by atoms with Crippen molar-refractivity contribution in [2.24, 2.45) is 0 Å². The van der Waals surface area contributed by atoms with Gasteiger partial charge in [-0.05, 0) is 37.6 Å². The monoisotopic (exact) mass is 208 g/mol. The van der Waals surface area contributed by atoms with Gasteiger partial charge in [-0.25, -0.2) is 4.39 Å². The molecule has 0 saturated heterocycles. The molecule has 0 aromatic heterocycles. The summed E-state index contributed by atoms with van der Waals surface area (Å²) in [5.74, 6) is -1.20. The highest BCUT2D eigenvalue weighted by Gasteiger charge is 2.16. The fraction of sp³-hybridized carbons (Fsp3) is 0.333. The van der Waals surface area contributed by atoms with E-state index in [1.807, 2.05) is 0 Å². The third-order valence-corrected chi connectivity index (χ3v) is 2.48. The Bertz CT molecular complexity index is 410. The van der Waals surface area contributed by atoms with E-state index in [1.54, 1.807) is 6.92 Å². The fourth-order valence-electron chi connectivity index (χ4n) is 1.31. The van der Waals surface area contributed by atoms with Gasteiger partial charge in [-0.1, -0.05) is 6.92 Å². The molecule has 0 N–H and O–H groups in total. The number of benzene rings is 1. The minimum absolute atomic E-state index is 0.116. The van der Waals surface area contributed by atoms with Crippen LogP contribution in [0.3, 0.4) is 0 Å². The van der Waals surface area contributed by atoms with E-state index in [-0.39, 0.29) is 17.1 Å². The van der Waals surface area contributed by atoms with E-state index in [9.17, 15) is 14.0 Å². The summed E-state index contributed by atoms with van der Waals surface area (Å²) in [4.78, 5) is 22.2. The van der Waals surface area contributed by atoms with E-state index in [2.05, 4.69) is 0 Å². The van der Waals surface area contributed by atoms with Gasteiger partial charge in [0.25, 0.3) is 0 Å². The average molecular weight is 208 g/mol. The molecule has 1 atom stereocenters. The smallest absolute Gasteiger partial charge is 0.159 e. The highest BCUT2D eigenvalue weighted by Crippen LogP contribution is 2.21. The molecule has 0 fully saturated rings. The first kappa shape index (κ1) is 11.6. The molecule has 1 rings (SSSR count). The molecule has 0 amide bonds. The lowest BCUT2D eigenvalue weighted by Crippen LogP contribution is -2.08. The largest absolute Gasteiger partial charge is 0.299 e. The quantitative estimate of drug-likeness (QED) is 0.716. The van der Waals surface area contributed by atoms with Crippen molar-refractivity contribution in [3.63, 3.8) is 0 Å². The summed E-state index contributed by atoms with van der Waals surface area (Å²) in [6, 6.07) is 4.10. The van der Waals surface area contributed by atoms with Crippen LogP contribution in [0, 0.1) is 5.82 Å². The van der Waals surface area contributed by atoms with E-state index >= 15 is 0 Å². The molecule has 1 aromatic carbocycles. The van der Waals surface area contributed by atoms with Crippen LogP contribution in [0.2, 0.25) is 0 Å². The molecule has 0 radical (unpaired) electrons. The van der Waals surface area contributed by atoms with E-state index in [4.69, 9.17) is 0 Å². The van der Waals surface area contributed by atoms with Crippen LogP contribution in [-0.2, 0) is 4.79 Å². The van der Waals surface area contributed by atoms with Crippen molar-refractivity contribution in [1.29, 1.82) is 0 Å². The molecular weight excluding hydrogens is 195 g/mol. The number of rotatable bonds is 3. The van der Waals surface area contributed by atoms with Crippen LogP contribution < -0.4 is 0 Å². The summed E-state index contributed by atoms with van der Waals surface area (Å²) in [5, 5.41) is 0. The van der Waals surface area contributed by atoms with Crippen LogP contribution in [0.25, 0.3) is 0 Å². The SMILES string of the molecule is CC(=O)c1ccc(F)c(C(C)C(C)=O)c1. The van der Waals surface area contributed by atoms with Crippen molar-refractivity contribution < 1.29 is 14.0 Å². The maximum absolute atomic E-state index is 13.4. The first-order valence-electron chi connectivity index (χ1n) is 4.74. The molecule has 0 bridgehead atoms. The standard InChI is InChI=1S/C12H13FO2/c1-7(8(2)14)11-6-10(9(3)15)4-5-12(11)13/h4-7H,1-3H3. The lowest BCUT2D eigenvalue weighted by Gasteiger charge is -2.10. The lowest BCUT2D eigenvalue weighted by atomic mass is 9.94. The predicted octanol–water partition coefficient (Wildman–Crippen LogP) is 2.72. The zero-order chi connectivity index (χ0) is 11.6. The lowest BCUT2D eigenvalue weighted by molar-refractivity contribution is -0.118. The second-order valence-corrected chi connectivity index (χ2v) is 3.62. The normalized spacial score (nSPS) is 12.3. The van der Waals surface area contributed by atoms with E-state index in [0.717, 1.165) is 0 Å². The Hall–Kier alpha value is -1.51. The van der Waals surface area contributed by atoms with Gasteiger partial charge in [0, 0.05) is 11.5 Å².